The summed E-state index contributed by atoms with van der Waals surface area (Å²) in [6, 6.07) is 5.52. The van der Waals surface area contributed by atoms with Crippen LogP contribution in [0.25, 0.3) is 0 Å². The van der Waals surface area contributed by atoms with Crippen molar-refractivity contribution >= 4 is 0 Å². The van der Waals surface area contributed by atoms with E-state index in [1.54, 1.807) is 32.4 Å². The molecule has 0 aliphatic carbocycles. The molecule has 0 aliphatic rings. The highest BCUT2D eigenvalue weighted by atomic mass is 19.1. The van der Waals surface area contributed by atoms with Gasteiger partial charge in [-0.1, -0.05) is 12.2 Å². The number of halogens is 1. The van der Waals surface area contributed by atoms with Crippen molar-refractivity contribution in [3.05, 3.63) is 48.3 Å². The first-order valence-electron chi connectivity index (χ1n) is 6.94. The second-order valence-electron chi connectivity index (χ2n) is 4.57. The third-order valence-electron chi connectivity index (χ3n) is 2.83. The second kappa shape index (κ2) is 10.00. The van der Waals surface area contributed by atoms with Gasteiger partial charge in [0.1, 0.15) is 11.5 Å². The molecule has 0 fully saturated rings. The zero-order chi connectivity index (χ0) is 15.5. The lowest BCUT2D eigenvalue weighted by atomic mass is 10.2. The number of benzene rings is 1. The Morgan fingerprint density at radius 3 is 2.62 bits per heavy atom. The predicted molar refractivity (Wildman–Crippen MR) is 82.4 cm³/mol. The van der Waals surface area contributed by atoms with Crippen LogP contribution in [0, 0.1) is 0 Å². The van der Waals surface area contributed by atoms with Crippen molar-refractivity contribution in [1.29, 1.82) is 0 Å². The van der Waals surface area contributed by atoms with Crippen molar-refractivity contribution in [3.63, 3.8) is 0 Å². The van der Waals surface area contributed by atoms with E-state index in [-0.39, 0.29) is 18.9 Å². The minimum Gasteiger partial charge on any atom is -0.497 e. The molecule has 0 aromatic heterocycles. The minimum atomic E-state index is -0.156. The molecule has 0 saturated heterocycles. The van der Waals surface area contributed by atoms with Gasteiger partial charge >= 0.3 is 0 Å². The molecule has 21 heavy (non-hydrogen) atoms. The van der Waals surface area contributed by atoms with Crippen molar-refractivity contribution in [3.8, 4) is 11.5 Å². The van der Waals surface area contributed by atoms with Crippen molar-refractivity contribution < 1.29 is 18.6 Å². The fraction of sp³-hybridized carbons (Fsp3) is 0.412. The molecule has 0 spiro atoms. The van der Waals surface area contributed by atoms with Crippen molar-refractivity contribution in [2.75, 3.05) is 20.8 Å². The zero-order valence-electron chi connectivity index (χ0n) is 12.7. The van der Waals surface area contributed by atoms with Gasteiger partial charge in [-0.3, -0.25) is 0 Å². The fourth-order valence-corrected chi connectivity index (χ4v) is 1.81. The minimum absolute atomic E-state index is 0.156. The summed E-state index contributed by atoms with van der Waals surface area (Å²) in [7, 11) is 3.22. The summed E-state index contributed by atoms with van der Waals surface area (Å²) < 4.78 is 29.3. The normalized spacial score (nSPS) is 11.3. The quantitative estimate of drug-likeness (QED) is 0.472. The van der Waals surface area contributed by atoms with Gasteiger partial charge in [0.2, 0.25) is 0 Å². The Bertz CT molecular complexity index is 469. The Labute approximate surface area is 126 Å². The molecule has 0 N–H and O–H groups in total. The van der Waals surface area contributed by atoms with Crippen LogP contribution in [-0.4, -0.2) is 20.8 Å². The molecule has 116 valence electrons. The highest BCUT2D eigenvalue weighted by molar-refractivity contribution is 5.38. The van der Waals surface area contributed by atoms with Gasteiger partial charge < -0.3 is 14.2 Å². The number of methoxy groups -OCH3 is 2. The molecule has 0 heterocycles. The maximum atomic E-state index is 13.5. The maximum absolute atomic E-state index is 13.5. The van der Waals surface area contributed by atoms with E-state index in [1.807, 2.05) is 12.1 Å². The van der Waals surface area contributed by atoms with E-state index in [2.05, 4.69) is 6.58 Å². The van der Waals surface area contributed by atoms with Gasteiger partial charge in [0.15, 0.2) is 0 Å². The molecule has 1 aromatic carbocycles. The van der Waals surface area contributed by atoms with Crippen molar-refractivity contribution in [2.24, 2.45) is 0 Å². The average molecular weight is 294 g/mol. The van der Waals surface area contributed by atoms with Gasteiger partial charge in [-0.15, -0.1) is 6.58 Å². The Morgan fingerprint density at radius 2 is 1.95 bits per heavy atom. The largest absolute Gasteiger partial charge is 0.497 e. The fourth-order valence-electron chi connectivity index (χ4n) is 1.81. The van der Waals surface area contributed by atoms with Crippen molar-refractivity contribution in [2.45, 2.75) is 25.9 Å². The van der Waals surface area contributed by atoms with Crippen LogP contribution in [0.5, 0.6) is 11.5 Å². The van der Waals surface area contributed by atoms with E-state index < -0.39 is 0 Å². The lowest BCUT2D eigenvalue weighted by Crippen LogP contribution is -1.99. The van der Waals surface area contributed by atoms with Crippen LogP contribution in [0.15, 0.2) is 42.8 Å². The highest BCUT2D eigenvalue weighted by Gasteiger charge is 2.03. The zero-order valence-corrected chi connectivity index (χ0v) is 12.7. The van der Waals surface area contributed by atoms with Gasteiger partial charge in [0.25, 0.3) is 0 Å². The van der Waals surface area contributed by atoms with Crippen LogP contribution < -0.4 is 9.47 Å². The van der Waals surface area contributed by atoms with E-state index in [0.29, 0.717) is 24.5 Å². The topological polar surface area (TPSA) is 27.7 Å². The molecule has 3 nitrogen and oxygen atoms in total. The monoisotopic (exact) mass is 294 g/mol. The number of allylic oxidation sites excluding steroid dienone is 2. The molecular formula is C17H23FO3. The first kappa shape index (κ1) is 17.2. The Morgan fingerprint density at radius 1 is 1.19 bits per heavy atom. The summed E-state index contributed by atoms with van der Waals surface area (Å²) in [5, 5.41) is 0. The molecule has 0 unspecified atom stereocenters. The predicted octanol–water partition coefficient (Wildman–Crippen LogP) is 4.43. The summed E-state index contributed by atoms with van der Waals surface area (Å²) in [5.41, 5.74) is 0.953. The second-order valence-corrected chi connectivity index (χ2v) is 4.57. The van der Waals surface area contributed by atoms with Gasteiger partial charge in [0.05, 0.1) is 26.2 Å². The van der Waals surface area contributed by atoms with E-state index >= 15 is 0 Å². The molecule has 0 radical (unpaired) electrons. The average Bonchev–Trinajstić information content (AvgIpc) is 2.47. The van der Waals surface area contributed by atoms with Crippen LogP contribution in [0.4, 0.5) is 4.39 Å². The molecule has 0 amide bonds. The van der Waals surface area contributed by atoms with Crippen molar-refractivity contribution in [1.82, 2.24) is 0 Å². The number of hydrogen-bond acceptors (Lipinski definition) is 3. The standard InChI is InChI=1S/C17H23FO3/c1-4-5-6-7-15(18)8-9-21-17-11-14(13-19-2)10-16(12-17)20-3/h4,7,10-12H,1,5-6,8-9,13H2,2-3H3/b15-7+. The van der Waals surface area contributed by atoms with Crippen LogP contribution in [0.2, 0.25) is 0 Å². The first-order valence-corrected chi connectivity index (χ1v) is 6.94. The summed E-state index contributed by atoms with van der Waals surface area (Å²) in [4.78, 5) is 0. The molecule has 1 aromatic rings. The lowest BCUT2D eigenvalue weighted by Gasteiger charge is -2.10. The third kappa shape index (κ3) is 6.95. The van der Waals surface area contributed by atoms with E-state index in [9.17, 15) is 4.39 Å². The molecule has 1 rings (SSSR count). The number of unbranched alkanes of at least 4 members (excludes halogenated alkanes) is 1. The number of rotatable bonds is 10. The van der Waals surface area contributed by atoms with Gasteiger partial charge in [0, 0.05) is 19.6 Å². The van der Waals surface area contributed by atoms with Gasteiger partial charge in [-0.05, 0) is 30.5 Å². The summed E-state index contributed by atoms with van der Waals surface area (Å²) in [5.74, 6) is 1.19. The molecule has 4 heteroatoms. The first-order chi connectivity index (χ1) is 10.2. The van der Waals surface area contributed by atoms with E-state index in [0.717, 1.165) is 12.0 Å². The Kier molecular flexibility index (Phi) is 8.21. The van der Waals surface area contributed by atoms with E-state index in [4.69, 9.17) is 14.2 Å². The summed E-state index contributed by atoms with van der Waals surface area (Å²) in [6.07, 6.45) is 5.06. The molecule has 0 bridgehead atoms. The Balaban J connectivity index is 2.52. The lowest BCUT2D eigenvalue weighted by molar-refractivity contribution is 0.184. The molecular weight excluding hydrogens is 271 g/mol. The molecule has 0 aliphatic heterocycles. The smallest absolute Gasteiger partial charge is 0.123 e. The molecule has 0 atom stereocenters. The van der Waals surface area contributed by atoms with Gasteiger partial charge in [-0.2, -0.15) is 0 Å². The Hall–Kier alpha value is -1.81. The van der Waals surface area contributed by atoms with E-state index in [1.165, 1.54) is 0 Å². The summed E-state index contributed by atoms with van der Waals surface area (Å²) in [6.45, 7) is 4.36. The molecule has 0 saturated carbocycles. The maximum Gasteiger partial charge on any atom is 0.123 e. The third-order valence-corrected chi connectivity index (χ3v) is 2.83. The van der Waals surface area contributed by atoms with Crippen LogP contribution in [0.3, 0.4) is 0 Å². The highest BCUT2D eigenvalue weighted by Crippen LogP contribution is 2.23. The number of hydrogen-bond donors (Lipinski definition) is 0. The van der Waals surface area contributed by atoms with Crippen LogP contribution in [-0.2, 0) is 11.3 Å². The van der Waals surface area contributed by atoms with Gasteiger partial charge in [-0.25, -0.2) is 4.39 Å². The summed E-state index contributed by atoms with van der Waals surface area (Å²) >= 11 is 0. The van der Waals surface area contributed by atoms with Crippen LogP contribution in [0.1, 0.15) is 24.8 Å². The SMILES string of the molecule is C=CCC/C=C(/F)CCOc1cc(COC)cc(OC)c1. The number of ether oxygens (including phenoxy) is 3. The van der Waals surface area contributed by atoms with Crippen LogP contribution >= 0.6 is 0 Å².